The second-order valence-electron chi connectivity index (χ2n) is 6.16. The fourth-order valence-electron chi connectivity index (χ4n) is 2.85. The molecule has 1 amide bonds. The molecular weight excluding hydrogens is 290 g/mol. The summed E-state index contributed by atoms with van der Waals surface area (Å²) >= 11 is 1.71. The van der Waals surface area contributed by atoms with Crippen molar-refractivity contribution in [3.8, 4) is 0 Å². The number of carbonyl (C=O) groups is 2. The number of nitrogens with two attached hydrogens (primary N) is 1. The molecule has 2 fully saturated rings. The number of rotatable bonds is 3. The molecule has 0 bridgehead atoms. The predicted molar refractivity (Wildman–Crippen MR) is 82.8 cm³/mol. The monoisotopic (exact) mass is 315 g/mol. The molecule has 2 rings (SSSR count). The van der Waals surface area contributed by atoms with Crippen LogP contribution < -0.4 is 11.1 Å². The first-order chi connectivity index (χ1) is 9.88. The summed E-state index contributed by atoms with van der Waals surface area (Å²) in [4.78, 5) is 25.7. The van der Waals surface area contributed by atoms with E-state index in [1.807, 2.05) is 18.7 Å². The minimum absolute atomic E-state index is 0.00740. The molecular formula is C14H25N3O3S. The molecule has 1 spiro atoms. The summed E-state index contributed by atoms with van der Waals surface area (Å²) in [6.07, 6.45) is 1.87. The van der Waals surface area contributed by atoms with Crippen LogP contribution in [0.1, 0.15) is 26.7 Å². The van der Waals surface area contributed by atoms with Crippen LogP contribution in [0, 0.1) is 5.92 Å². The topological polar surface area (TPSA) is 84.7 Å². The Morgan fingerprint density at radius 1 is 1.48 bits per heavy atom. The molecule has 120 valence electrons. The van der Waals surface area contributed by atoms with Crippen LogP contribution in [0.5, 0.6) is 0 Å². The van der Waals surface area contributed by atoms with E-state index in [9.17, 15) is 9.59 Å². The van der Waals surface area contributed by atoms with Gasteiger partial charge in [-0.2, -0.15) is 0 Å². The minimum Gasteiger partial charge on any atom is -0.468 e. The molecule has 2 aliphatic heterocycles. The molecule has 1 unspecified atom stereocenters. The molecule has 0 aromatic rings. The molecule has 7 heteroatoms. The van der Waals surface area contributed by atoms with Gasteiger partial charge in [0, 0.05) is 18.8 Å². The van der Waals surface area contributed by atoms with Gasteiger partial charge in [0.15, 0.2) is 0 Å². The van der Waals surface area contributed by atoms with Crippen molar-refractivity contribution in [3.63, 3.8) is 0 Å². The molecule has 2 heterocycles. The predicted octanol–water partition coefficient (Wildman–Crippen LogP) is 0.166. The smallest absolute Gasteiger partial charge is 0.323 e. The summed E-state index contributed by atoms with van der Waals surface area (Å²) in [5.41, 5.74) is 5.98. The Balaban J connectivity index is 2.01. The number of nitrogens with zero attached hydrogens (tertiary/aromatic N) is 1. The van der Waals surface area contributed by atoms with Gasteiger partial charge in [-0.15, -0.1) is 11.8 Å². The average Bonchev–Trinajstić information content (AvgIpc) is 2.88. The van der Waals surface area contributed by atoms with Crippen molar-refractivity contribution in [1.82, 2.24) is 10.2 Å². The number of thioether (sulfide) groups is 1. The van der Waals surface area contributed by atoms with Crippen LogP contribution in [-0.4, -0.2) is 59.7 Å². The molecule has 0 radical (unpaired) electrons. The van der Waals surface area contributed by atoms with Crippen molar-refractivity contribution in [2.75, 3.05) is 26.0 Å². The van der Waals surface area contributed by atoms with Gasteiger partial charge in [-0.3, -0.25) is 14.9 Å². The minimum atomic E-state index is -0.456. The Morgan fingerprint density at radius 2 is 2.19 bits per heavy atom. The van der Waals surface area contributed by atoms with Crippen LogP contribution in [0.3, 0.4) is 0 Å². The van der Waals surface area contributed by atoms with E-state index in [2.05, 4.69) is 5.32 Å². The van der Waals surface area contributed by atoms with Gasteiger partial charge in [-0.05, 0) is 18.8 Å². The zero-order valence-corrected chi connectivity index (χ0v) is 13.7. The number of esters is 1. The summed E-state index contributed by atoms with van der Waals surface area (Å²) in [7, 11) is 1.40. The molecule has 3 N–H and O–H groups in total. The van der Waals surface area contributed by atoms with Gasteiger partial charge >= 0.3 is 5.97 Å². The summed E-state index contributed by atoms with van der Waals surface area (Å²) in [6.45, 7) is 5.26. The van der Waals surface area contributed by atoms with Crippen LogP contribution in [-0.2, 0) is 14.3 Å². The lowest BCUT2D eigenvalue weighted by Crippen LogP contribution is -2.59. The lowest BCUT2D eigenvalue weighted by molar-refractivity contribution is -0.142. The number of hydrogen-bond acceptors (Lipinski definition) is 6. The van der Waals surface area contributed by atoms with Crippen molar-refractivity contribution in [2.24, 2.45) is 11.7 Å². The Bertz CT molecular complexity index is 418. The third-order valence-corrected chi connectivity index (χ3v) is 5.72. The third-order valence-electron chi connectivity index (χ3n) is 4.22. The van der Waals surface area contributed by atoms with Gasteiger partial charge in [0.25, 0.3) is 0 Å². The number of methoxy groups -OCH3 is 1. The molecule has 2 aliphatic rings. The fourth-order valence-corrected chi connectivity index (χ4v) is 4.32. The largest absolute Gasteiger partial charge is 0.468 e. The number of hydrogen-bond donors (Lipinski definition) is 2. The summed E-state index contributed by atoms with van der Waals surface area (Å²) in [5.74, 6) is 0.586. The van der Waals surface area contributed by atoms with E-state index >= 15 is 0 Å². The summed E-state index contributed by atoms with van der Waals surface area (Å²) in [5, 5.41) is 3.36. The van der Waals surface area contributed by atoms with Crippen LogP contribution in [0.4, 0.5) is 0 Å². The maximum absolute atomic E-state index is 12.4. The van der Waals surface area contributed by atoms with Crippen LogP contribution in [0.15, 0.2) is 0 Å². The molecule has 6 nitrogen and oxygen atoms in total. The Kier molecular flexibility index (Phi) is 5.16. The SMILES string of the molecule is COC(=O)[C@@H]1CSC2(CCCN(C(=O)[C@@H](N)C(C)C)C2)N1. The van der Waals surface area contributed by atoms with Gasteiger partial charge in [0.2, 0.25) is 5.91 Å². The number of ether oxygens (including phenoxy) is 1. The van der Waals surface area contributed by atoms with Crippen molar-refractivity contribution < 1.29 is 14.3 Å². The highest BCUT2D eigenvalue weighted by Gasteiger charge is 2.46. The number of nitrogens with one attached hydrogen (secondary N) is 1. The summed E-state index contributed by atoms with van der Waals surface area (Å²) in [6, 6.07) is -0.739. The second kappa shape index (κ2) is 6.54. The molecule has 0 aromatic heterocycles. The lowest BCUT2D eigenvalue weighted by Gasteiger charge is -2.41. The van der Waals surface area contributed by atoms with E-state index in [0.717, 1.165) is 19.4 Å². The first-order valence-electron chi connectivity index (χ1n) is 7.42. The summed E-state index contributed by atoms with van der Waals surface area (Å²) < 4.78 is 4.80. The quantitative estimate of drug-likeness (QED) is 0.722. The Hall–Kier alpha value is -0.790. The highest BCUT2D eigenvalue weighted by Crippen LogP contribution is 2.38. The Labute approximate surface area is 130 Å². The maximum atomic E-state index is 12.4. The normalized spacial score (nSPS) is 30.7. The van der Waals surface area contributed by atoms with E-state index in [-0.39, 0.29) is 28.7 Å². The van der Waals surface area contributed by atoms with Crippen molar-refractivity contribution in [2.45, 2.75) is 43.6 Å². The lowest BCUT2D eigenvalue weighted by atomic mass is 9.99. The molecule has 2 saturated heterocycles. The number of likely N-dealkylation sites (tertiary alicyclic amines) is 1. The molecule has 0 saturated carbocycles. The third kappa shape index (κ3) is 3.52. The zero-order valence-electron chi connectivity index (χ0n) is 12.9. The molecule has 21 heavy (non-hydrogen) atoms. The van der Waals surface area contributed by atoms with Gasteiger partial charge in [0.05, 0.1) is 18.0 Å². The van der Waals surface area contributed by atoms with E-state index in [1.54, 1.807) is 11.8 Å². The standard InChI is InChI=1S/C14H25N3O3S/c1-9(2)11(15)12(18)17-6-4-5-14(8-17)16-10(7-21-14)13(19)20-3/h9-11,16H,4-8,15H2,1-3H3/t10-,11-,14?/m0/s1. The van der Waals surface area contributed by atoms with Gasteiger partial charge in [-0.25, -0.2) is 0 Å². The van der Waals surface area contributed by atoms with Gasteiger partial charge in [-0.1, -0.05) is 13.8 Å². The second-order valence-corrected chi connectivity index (χ2v) is 7.56. The first-order valence-corrected chi connectivity index (χ1v) is 8.41. The van der Waals surface area contributed by atoms with E-state index in [4.69, 9.17) is 10.5 Å². The van der Waals surface area contributed by atoms with Crippen molar-refractivity contribution >= 4 is 23.6 Å². The number of piperidine rings is 1. The highest BCUT2D eigenvalue weighted by atomic mass is 32.2. The van der Waals surface area contributed by atoms with Crippen molar-refractivity contribution in [1.29, 1.82) is 0 Å². The van der Waals surface area contributed by atoms with E-state index < -0.39 is 6.04 Å². The average molecular weight is 315 g/mol. The molecule has 0 aliphatic carbocycles. The fraction of sp³-hybridized carbons (Fsp3) is 0.857. The van der Waals surface area contributed by atoms with Crippen molar-refractivity contribution in [3.05, 3.63) is 0 Å². The van der Waals surface area contributed by atoms with E-state index in [0.29, 0.717) is 12.3 Å². The van der Waals surface area contributed by atoms with Gasteiger partial charge < -0.3 is 15.4 Å². The maximum Gasteiger partial charge on any atom is 0.323 e. The number of carbonyl (C=O) groups excluding carboxylic acids is 2. The van der Waals surface area contributed by atoms with Gasteiger partial charge in [0.1, 0.15) is 6.04 Å². The molecule has 0 aromatic carbocycles. The first kappa shape index (κ1) is 16.6. The van der Waals surface area contributed by atoms with Crippen LogP contribution in [0.2, 0.25) is 0 Å². The van der Waals surface area contributed by atoms with Crippen LogP contribution in [0.25, 0.3) is 0 Å². The highest BCUT2D eigenvalue weighted by molar-refractivity contribution is 8.01. The number of amides is 1. The zero-order chi connectivity index (χ0) is 15.6. The van der Waals surface area contributed by atoms with Crippen LogP contribution >= 0.6 is 11.8 Å². The molecule has 3 atom stereocenters. The van der Waals surface area contributed by atoms with E-state index in [1.165, 1.54) is 7.11 Å². The Morgan fingerprint density at radius 3 is 2.81 bits per heavy atom.